The van der Waals surface area contributed by atoms with E-state index < -0.39 is 6.09 Å². The van der Waals surface area contributed by atoms with Gasteiger partial charge in [-0.3, -0.25) is 4.90 Å². The Balaban J connectivity index is 2.04. The monoisotopic (exact) mass is 257 g/mol. The highest BCUT2D eigenvalue weighted by molar-refractivity contribution is 5.88. The molecule has 0 aliphatic carbocycles. The van der Waals surface area contributed by atoms with Crippen molar-refractivity contribution in [2.45, 2.75) is 0 Å². The summed E-state index contributed by atoms with van der Waals surface area (Å²) in [5.74, 6) is 1.20. The minimum atomic E-state index is -0.434. The first kappa shape index (κ1) is 13.0. The number of hydrogen-bond acceptors (Lipinski definition) is 3. The van der Waals surface area contributed by atoms with Crippen LogP contribution in [0.3, 0.4) is 0 Å². The lowest BCUT2D eigenvalue weighted by molar-refractivity contribution is 0.209. The van der Waals surface area contributed by atoms with Gasteiger partial charge in [-0.1, -0.05) is 18.2 Å². The predicted molar refractivity (Wildman–Crippen MR) is 73.9 cm³/mol. The van der Waals surface area contributed by atoms with Crippen LogP contribution in [0.2, 0.25) is 0 Å². The molecule has 0 saturated carbocycles. The SMILES string of the molecule is COc1ccc(OC(=O)N(C)c2ccccc2)cc1. The third kappa shape index (κ3) is 3.25. The van der Waals surface area contributed by atoms with Gasteiger partial charge in [0.2, 0.25) is 0 Å². The first-order valence-electron chi connectivity index (χ1n) is 5.85. The molecule has 2 aromatic carbocycles. The maximum atomic E-state index is 11.9. The van der Waals surface area contributed by atoms with Gasteiger partial charge in [0.25, 0.3) is 0 Å². The summed E-state index contributed by atoms with van der Waals surface area (Å²) < 4.78 is 10.3. The quantitative estimate of drug-likeness (QED) is 0.846. The predicted octanol–water partition coefficient (Wildman–Crippen LogP) is 3.33. The summed E-state index contributed by atoms with van der Waals surface area (Å²) in [6.07, 6.45) is -0.434. The lowest BCUT2D eigenvalue weighted by Gasteiger charge is -2.16. The maximum Gasteiger partial charge on any atom is 0.419 e. The highest BCUT2D eigenvalue weighted by atomic mass is 16.6. The molecule has 0 bridgehead atoms. The zero-order valence-electron chi connectivity index (χ0n) is 10.9. The fraction of sp³-hybridized carbons (Fsp3) is 0.133. The smallest absolute Gasteiger partial charge is 0.419 e. The number of carbonyl (C=O) groups is 1. The zero-order valence-corrected chi connectivity index (χ0v) is 10.9. The van der Waals surface area contributed by atoms with Crippen LogP contribution in [0, 0.1) is 0 Å². The van der Waals surface area contributed by atoms with Crippen molar-refractivity contribution in [3.63, 3.8) is 0 Å². The average Bonchev–Trinajstić information content (AvgIpc) is 2.48. The second-order valence-corrected chi connectivity index (χ2v) is 3.94. The Bertz CT molecular complexity index is 537. The molecule has 0 aliphatic heterocycles. The van der Waals surface area contributed by atoms with Crippen molar-refractivity contribution >= 4 is 11.8 Å². The molecule has 4 nitrogen and oxygen atoms in total. The van der Waals surface area contributed by atoms with Crippen LogP contribution < -0.4 is 14.4 Å². The molecule has 0 atom stereocenters. The Morgan fingerprint density at radius 2 is 1.53 bits per heavy atom. The number of carbonyl (C=O) groups excluding carboxylic acids is 1. The topological polar surface area (TPSA) is 38.8 Å². The minimum Gasteiger partial charge on any atom is -0.497 e. The van der Waals surface area contributed by atoms with Crippen molar-refractivity contribution in [2.75, 3.05) is 19.1 Å². The fourth-order valence-electron chi connectivity index (χ4n) is 1.57. The van der Waals surface area contributed by atoms with Crippen LogP contribution in [0.25, 0.3) is 0 Å². The normalized spacial score (nSPS) is 9.79. The van der Waals surface area contributed by atoms with E-state index in [1.54, 1.807) is 38.4 Å². The number of nitrogens with zero attached hydrogens (tertiary/aromatic N) is 1. The van der Waals surface area contributed by atoms with Gasteiger partial charge in [0.15, 0.2) is 0 Å². The molecule has 0 saturated heterocycles. The molecule has 19 heavy (non-hydrogen) atoms. The van der Waals surface area contributed by atoms with Crippen LogP contribution in [0.15, 0.2) is 54.6 Å². The molecule has 0 spiro atoms. The van der Waals surface area contributed by atoms with Crippen molar-refractivity contribution < 1.29 is 14.3 Å². The van der Waals surface area contributed by atoms with Gasteiger partial charge in [-0.25, -0.2) is 4.79 Å². The van der Waals surface area contributed by atoms with Crippen LogP contribution in [-0.2, 0) is 0 Å². The van der Waals surface area contributed by atoms with Crippen LogP contribution in [0.4, 0.5) is 10.5 Å². The Morgan fingerprint density at radius 1 is 0.947 bits per heavy atom. The molecule has 0 fully saturated rings. The van der Waals surface area contributed by atoms with E-state index in [-0.39, 0.29) is 0 Å². The van der Waals surface area contributed by atoms with Crippen molar-refractivity contribution in [2.24, 2.45) is 0 Å². The highest BCUT2D eigenvalue weighted by Crippen LogP contribution is 2.19. The van der Waals surface area contributed by atoms with E-state index in [2.05, 4.69) is 0 Å². The van der Waals surface area contributed by atoms with Gasteiger partial charge >= 0.3 is 6.09 Å². The van der Waals surface area contributed by atoms with Crippen LogP contribution >= 0.6 is 0 Å². The lowest BCUT2D eigenvalue weighted by Crippen LogP contribution is -2.29. The summed E-state index contributed by atoms with van der Waals surface area (Å²) in [6, 6.07) is 16.2. The summed E-state index contributed by atoms with van der Waals surface area (Å²) in [7, 11) is 3.26. The maximum absolute atomic E-state index is 11.9. The van der Waals surface area contributed by atoms with Crippen molar-refractivity contribution in [1.82, 2.24) is 0 Å². The van der Waals surface area contributed by atoms with E-state index in [0.717, 1.165) is 11.4 Å². The molecule has 0 radical (unpaired) electrons. The van der Waals surface area contributed by atoms with Gasteiger partial charge < -0.3 is 9.47 Å². The first-order valence-corrected chi connectivity index (χ1v) is 5.85. The summed E-state index contributed by atoms with van der Waals surface area (Å²) in [6.45, 7) is 0. The molecular formula is C15H15NO3. The molecule has 2 rings (SSSR count). The number of benzene rings is 2. The Labute approximate surface area is 112 Å². The van der Waals surface area contributed by atoms with Gasteiger partial charge in [0, 0.05) is 12.7 Å². The second kappa shape index (κ2) is 5.91. The molecule has 0 heterocycles. The van der Waals surface area contributed by atoms with E-state index in [4.69, 9.17) is 9.47 Å². The van der Waals surface area contributed by atoms with Crippen LogP contribution in [0.1, 0.15) is 0 Å². The molecule has 0 unspecified atom stereocenters. The number of methoxy groups -OCH3 is 1. The molecule has 0 aliphatic rings. The molecule has 98 valence electrons. The van der Waals surface area contributed by atoms with Crippen molar-refractivity contribution in [3.8, 4) is 11.5 Å². The molecule has 0 N–H and O–H groups in total. The molecule has 0 aromatic heterocycles. The molecule has 2 aromatic rings. The van der Waals surface area contributed by atoms with Gasteiger partial charge in [-0.2, -0.15) is 0 Å². The number of para-hydroxylation sites is 1. The van der Waals surface area contributed by atoms with Gasteiger partial charge in [-0.15, -0.1) is 0 Å². The Kier molecular flexibility index (Phi) is 4.03. The van der Waals surface area contributed by atoms with Crippen LogP contribution in [0.5, 0.6) is 11.5 Å². The molecular weight excluding hydrogens is 242 g/mol. The van der Waals surface area contributed by atoms with Crippen molar-refractivity contribution in [3.05, 3.63) is 54.6 Å². The summed E-state index contributed by atoms with van der Waals surface area (Å²) in [5, 5.41) is 0. The summed E-state index contributed by atoms with van der Waals surface area (Å²) in [4.78, 5) is 13.4. The second-order valence-electron chi connectivity index (χ2n) is 3.94. The number of rotatable bonds is 3. The molecule has 1 amide bonds. The Morgan fingerprint density at radius 3 is 2.11 bits per heavy atom. The van der Waals surface area contributed by atoms with Gasteiger partial charge in [0.1, 0.15) is 11.5 Å². The molecule has 4 heteroatoms. The number of ether oxygens (including phenoxy) is 2. The zero-order chi connectivity index (χ0) is 13.7. The van der Waals surface area contributed by atoms with Crippen LogP contribution in [-0.4, -0.2) is 20.3 Å². The fourth-order valence-corrected chi connectivity index (χ4v) is 1.57. The third-order valence-corrected chi connectivity index (χ3v) is 2.68. The number of hydrogen-bond donors (Lipinski definition) is 0. The summed E-state index contributed by atoms with van der Waals surface area (Å²) >= 11 is 0. The summed E-state index contributed by atoms with van der Waals surface area (Å²) in [5.41, 5.74) is 0.779. The first-order chi connectivity index (χ1) is 9.20. The van der Waals surface area contributed by atoms with E-state index in [9.17, 15) is 4.79 Å². The van der Waals surface area contributed by atoms with E-state index >= 15 is 0 Å². The largest absolute Gasteiger partial charge is 0.497 e. The third-order valence-electron chi connectivity index (χ3n) is 2.68. The van der Waals surface area contributed by atoms with E-state index in [0.29, 0.717) is 5.75 Å². The lowest BCUT2D eigenvalue weighted by atomic mass is 10.3. The van der Waals surface area contributed by atoms with Gasteiger partial charge in [0.05, 0.1) is 7.11 Å². The van der Waals surface area contributed by atoms with Crippen molar-refractivity contribution in [1.29, 1.82) is 0 Å². The average molecular weight is 257 g/mol. The highest BCUT2D eigenvalue weighted by Gasteiger charge is 2.12. The van der Waals surface area contributed by atoms with Gasteiger partial charge in [-0.05, 0) is 36.4 Å². The minimum absolute atomic E-state index is 0.434. The Hall–Kier alpha value is -2.49. The van der Waals surface area contributed by atoms with E-state index in [1.165, 1.54) is 4.90 Å². The standard InChI is InChI=1S/C15H15NO3/c1-16(12-6-4-3-5-7-12)15(17)19-14-10-8-13(18-2)9-11-14/h3-11H,1-2H3. The number of anilines is 1. The number of amides is 1. The van der Waals surface area contributed by atoms with E-state index in [1.807, 2.05) is 30.3 Å².